The van der Waals surface area contributed by atoms with E-state index in [9.17, 15) is 0 Å². The smallest absolute Gasteiger partial charge is 0.0576 e. The summed E-state index contributed by atoms with van der Waals surface area (Å²) in [5, 5.41) is 3.36. The average Bonchev–Trinajstić information content (AvgIpc) is 2.39. The van der Waals surface area contributed by atoms with E-state index in [1.54, 1.807) is 0 Å². The van der Waals surface area contributed by atoms with Gasteiger partial charge in [-0.15, -0.1) is 0 Å². The van der Waals surface area contributed by atoms with E-state index in [0.717, 1.165) is 24.3 Å². The number of nitrogens with one attached hydrogen (secondary N) is 1. The number of nitrogen functional groups attached to an aromatic ring is 1. The monoisotopic (exact) mass is 254 g/mol. The molecule has 100 valence electrons. The third-order valence-corrected chi connectivity index (χ3v) is 3.11. The molecule has 0 saturated heterocycles. The van der Waals surface area contributed by atoms with Crippen molar-refractivity contribution < 1.29 is 0 Å². The van der Waals surface area contributed by atoms with Gasteiger partial charge in [-0.05, 0) is 35.6 Å². The Kier molecular flexibility index (Phi) is 4.45. The maximum absolute atomic E-state index is 5.90. The minimum atomic E-state index is 0.702. The predicted molar refractivity (Wildman–Crippen MR) is 83.2 cm³/mol. The lowest BCUT2D eigenvalue weighted by molar-refractivity contribution is 0.647. The Bertz CT molecular complexity index is 515. The van der Waals surface area contributed by atoms with E-state index in [1.807, 2.05) is 24.3 Å². The molecule has 19 heavy (non-hydrogen) atoms. The fraction of sp³-hybridized carbons (Fsp3) is 0.294. The standard InChI is InChI=1S/C17H22N2/c1-13(2)11-14-7-9-15(10-8-14)12-19-17-6-4-3-5-16(17)18/h3-10,13,19H,11-12,18H2,1-2H3. The number of hydrogen-bond acceptors (Lipinski definition) is 2. The number of rotatable bonds is 5. The molecule has 2 rings (SSSR count). The summed E-state index contributed by atoms with van der Waals surface area (Å²) in [6.45, 7) is 5.29. The Labute approximate surface area is 115 Å². The molecule has 0 spiro atoms. The number of anilines is 2. The van der Waals surface area contributed by atoms with Gasteiger partial charge in [-0.1, -0.05) is 50.2 Å². The van der Waals surface area contributed by atoms with E-state index in [-0.39, 0.29) is 0 Å². The normalized spacial score (nSPS) is 10.7. The van der Waals surface area contributed by atoms with Crippen LogP contribution in [0.3, 0.4) is 0 Å². The maximum atomic E-state index is 5.90. The number of hydrogen-bond donors (Lipinski definition) is 2. The molecule has 0 aliphatic heterocycles. The number of nitrogens with two attached hydrogens (primary N) is 1. The molecule has 0 amide bonds. The molecule has 2 nitrogen and oxygen atoms in total. The molecule has 0 bridgehead atoms. The van der Waals surface area contributed by atoms with Crippen LogP contribution in [0.1, 0.15) is 25.0 Å². The Balaban J connectivity index is 1.95. The molecule has 0 radical (unpaired) electrons. The van der Waals surface area contributed by atoms with E-state index in [2.05, 4.69) is 43.4 Å². The van der Waals surface area contributed by atoms with Gasteiger partial charge in [0.05, 0.1) is 11.4 Å². The lowest BCUT2D eigenvalue weighted by atomic mass is 10.0. The fourth-order valence-electron chi connectivity index (χ4n) is 2.12. The van der Waals surface area contributed by atoms with Crippen LogP contribution in [0.25, 0.3) is 0 Å². The lowest BCUT2D eigenvalue weighted by Crippen LogP contribution is -2.02. The van der Waals surface area contributed by atoms with E-state index >= 15 is 0 Å². The summed E-state index contributed by atoms with van der Waals surface area (Å²) >= 11 is 0. The van der Waals surface area contributed by atoms with Crippen LogP contribution in [0.5, 0.6) is 0 Å². The molecule has 0 saturated carbocycles. The van der Waals surface area contributed by atoms with Gasteiger partial charge in [-0.3, -0.25) is 0 Å². The second-order valence-electron chi connectivity index (χ2n) is 5.36. The zero-order valence-electron chi connectivity index (χ0n) is 11.7. The van der Waals surface area contributed by atoms with Crippen LogP contribution in [0.15, 0.2) is 48.5 Å². The molecule has 2 heteroatoms. The van der Waals surface area contributed by atoms with Crippen LogP contribution < -0.4 is 11.1 Å². The Morgan fingerprint density at radius 1 is 0.947 bits per heavy atom. The van der Waals surface area contributed by atoms with Crippen LogP contribution >= 0.6 is 0 Å². The van der Waals surface area contributed by atoms with Crippen LogP contribution in [0, 0.1) is 5.92 Å². The van der Waals surface area contributed by atoms with Crippen LogP contribution in [-0.4, -0.2) is 0 Å². The second-order valence-corrected chi connectivity index (χ2v) is 5.36. The molecule has 0 aromatic heterocycles. The van der Waals surface area contributed by atoms with Gasteiger partial charge >= 0.3 is 0 Å². The van der Waals surface area contributed by atoms with Crippen molar-refractivity contribution in [2.24, 2.45) is 5.92 Å². The molecule has 2 aromatic rings. The van der Waals surface area contributed by atoms with Crippen molar-refractivity contribution in [2.75, 3.05) is 11.1 Å². The van der Waals surface area contributed by atoms with Crippen LogP contribution in [-0.2, 0) is 13.0 Å². The minimum absolute atomic E-state index is 0.702. The van der Waals surface area contributed by atoms with Gasteiger partial charge in [-0.25, -0.2) is 0 Å². The maximum Gasteiger partial charge on any atom is 0.0576 e. The fourth-order valence-corrected chi connectivity index (χ4v) is 2.12. The topological polar surface area (TPSA) is 38.0 Å². The molecule has 0 unspecified atom stereocenters. The molecule has 0 heterocycles. The first-order valence-electron chi connectivity index (χ1n) is 6.81. The Morgan fingerprint density at radius 3 is 2.21 bits per heavy atom. The molecule has 0 aliphatic carbocycles. The van der Waals surface area contributed by atoms with Gasteiger partial charge in [-0.2, -0.15) is 0 Å². The third kappa shape index (κ3) is 4.02. The summed E-state index contributed by atoms with van der Waals surface area (Å²) in [5.74, 6) is 0.702. The highest BCUT2D eigenvalue weighted by atomic mass is 14.9. The van der Waals surface area contributed by atoms with E-state index in [1.165, 1.54) is 11.1 Å². The first kappa shape index (κ1) is 13.5. The van der Waals surface area contributed by atoms with E-state index in [0.29, 0.717) is 5.92 Å². The molecule has 0 fully saturated rings. The minimum Gasteiger partial charge on any atom is -0.397 e. The summed E-state index contributed by atoms with van der Waals surface area (Å²) < 4.78 is 0. The van der Waals surface area contributed by atoms with Crippen molar-refractivity contribution in [3.63, 3.8) is 0 Å². The first-order chi connectivity index (χ1) is 9.15. The highest BCUT2D eigenvalue weighted by Crippen LogP contribution is 2.18. The zero-order valence-corrected chi connectivity index (χ0v) is 11.7. The van der Waals surface area contributed by atoms with Crippen molar-refractivity contribution in [1.29, 1.82) is 0 Å². The number of para-hydroxylation sites is 2. The first-order valence-corrected chi connectivity index (χ1v) is 6.81. The summed E-state index contributed by atoms with van der Waals surface area (Å²) in [6.07, 6.45) is 1.14. The van der Waals surface area contributed by atoms with Crippen molar-refractivity contribution in [3.8, 4) is 0 Å². The van der Waals surface area contributed by atoms with Crippen molar-refractivity contribution >= 4 is 11.4 Å². The van der Waals surface area contributed by atoms with Crippen LogP contribution in [0.4, 0.5) is 11.4 Å². The third-order valence-electron chi connectivity index (χ3n) is 3.11. The SMILES string of the molecule is CC(C)Cc1ccc(CNc2ccccc2N)cc1. The van der Waals surface area contributed by atoms with Crippen molar-refractivity contribution in [1.82, 2.24) is 0 Å². The second kappa shape index (κ2) is 6.28. The van der Waals surface area contributed by atoms with Gasteiger partial charge in [0.1, 0.15) is 0 Å². The number of benzene rings is 2. The Hall–Kier alpha value is -1.96. The van der Waals surface area contributed by atoms with Gasteiger partial charge in [0, 0.05) is 6.54 Å². The van der Waals surface area contributed by atoms with Crippen LogP contribution in [0.2, 0.25) is 0 Å². The van der Waals surface area contributed by atoms with Crippen molar-refractivity contribution in [3.05, 3.63) is 59.7 Å². The molecular weight excluding hydrogens is 232 g/mol. The lowest BCUT2D eigenvalue weighted by Gasteiger charge is -2.10. The average molecular weight is 254 g/mol. The summed E-state index contributed by atoms with van der Waals surface area (Å²) in [7, 11) is 0. The van der Waals surface area contributed by atoms with Gasteiger partial charge in [0.25, 0.3) is 0 Å². The Morgan fingerprint density at radius 2 is 1.58 bits per heavy atom. The molecule has 2 aromatic carbocycles. The quantitative estimate of drug-likeness (QED) is 0.789. The highest BCUT2D eigenvalue weighted by Gasteiger charge is 2.00. The summed E-state index contributed by atoms with van der Waals surface area (Å²) in [5.41, 5.74) is 10.4. The summed E-state index contributed by atoms with van der Waals surface area (Å²) in [4.78, 5) is 0. The van der Waals surface area contributed by atoms with Gasteiger partial charge in [0.15, 0.2) is 0 Å². The largest absolute Gasteiger partial charge is 0.397 e. The van der Waals surface area contributed by atoms with E-state index < -0.39 is 0 Å². The molecule has 0 aliphatic rings. The van der Waals surface area contributed by atoms with Crippen molar-refractivity contribution in [2.45, 2.75) is 26.8 Å². The molecular formula is C17H22N2. The molecule has 0 atom stereocenters. The predicted octanol–water partition coefficient (Wildman–Crippen LogP) is 4.08. The van der Waals surface area contributed by atoms with E-state index in [4.69, 9.17) is 5.73 Å². The van der Waals surface area contributed by atoms with Gasteiger partial charge < -0.3 is 11.1 Å². The van der Waals surface area contributed by atoms with Gasteiger partial charge in [0.2, 0.25) is 0 Å². The summed E-state index contributed by atoms with van der Waals surface area (Å²) in [6, 6.07) is 16.6. The highest BCUT2D eigenvalue weighted by molar-refractivity contribution is 5.65. The molecule has 3 N–H and O–H groups in total. The zero-order chi connectivity index (χ0) is 13.7.